The molecule has 0 N–H and O–H groups in total. The van der Waals surface area contributed by atoms with Gasteiger partial charge in [-0.15, -0.1) is 0 Å². The van der Waals surface area contributed by atoms with Crippen LogP contribution in [0.5, 0.6) is 0 Å². The van der Waals surface area contributed by atoms with Gasteiger partial charge in [-0.3, -0.25) is 0 Å². The Morgan fingerprint density at radius 3 is 2.05 bits per heavy atom. The molecule has 0 radical (unpaired) electrons. The van der Waals surface area contributed by atoms with Crippen LogP contribution in [0.3, 0.4) is 0 Å². The second-order valence-corrected chi connectivity index (χ2v) is 13.1. The van der Waals surface area contributed by atoms with E-state index >= 15 is 0 Å². The summed E-state index contributed by atoms with van der Waals surface area (Å²) < 4.78 is 17.3. The third-order valence-corrected chi connectivity index (χ3v) is 5.48. The average molecular weight is 284 g/mol. The van der Waals surface area contributed by atoms with Gasteiger partial charge in [0, 0.05) is 14.7 Å². The van der Waals surface area contributed by atoms with Crippen LogP contribution in [0.2, 0.25) is 25.7 Å². The Morgan fingerprint density at radius 1 is 1.05 bits per heavy atom. The van der Waals surface area contributed by atoms with Crippen molar-refractivity contribution in [3.05, 3.63) is 12.1 Å². The molecule has 0 spiro atoms. The van der Waals surface area contributed by atoms with Crippen molar-refractivity contribution in [3.8, 4) is 0 Å². The average Bonchev–Trinajstić information content (AvgIpc) is 2.39. The van der Waals surface area contributed by atoms with E-state index in [1.54, 1.807) is 0 Å². The van der Waals surface area contributed by atoms with Gasteiger partial charge in [-0.2, -0.15) is 0 Å². The first-order chi connectivity index (χ1) is 8.54. The van der Waals surface area contributed by atoms with Crippen molar-refractivity contribution in [2.45, 2.75) is 64.6 Å². The number of rotatable bonds is 6. The number of hydrogen-bond donors (Lipinski definition) is 0. The van der Waals surface area contributed by atoms with Gasteiger partial charge in [0.05, 0.1) is 17.8 Å². The fourth-order valence-electron chi connectivity index (χ4n) is 1.66. The standard InChI is InChI=1S/C14H29BO3Si/c1-13(2)14(3,4)18-15(17-13)9-8-10-16-11-12-19(5,6)7/h8-9H,10-12H2,1-7H3/b9-8+. The lowest BCUT2D eigenvalue weighted by Crippen LogP contribution is -2.41. The summed E-state index contributed by atoms with van der Waals surface area (Å²) in [4.78, 5) is 0. The third kappa shape index (κ3) is 5.42. The van der Waals surface area contributed by atoms with Gasteiger partial charge in [-0.1, -0.05) is 31.7 Å². The zero-order valence-corrected chi connectivity index (χ0v) is 14.6. The van der Waals surface area contributed by atoms with Crippen molar-refractivity contribution in [3.63, 3.8) is 0 Å². The minimum atomic E-state index is -0.980. The Labute approximate surface area is 119 Å². The fraction of sp³-hybridized carbons (Fsp3) is 0.857. The van der Waals surface area contributed by atoms with Gasteiger partial charge in [-0.05, 0) is 33.7 Å². The zero-order valence-electron chi connectivity index (χ0n) is 13.6. The molecule has 0 bridgehead atoms. The van der Waals surface area contributed by atoms with Crippen LogP contribution in [0.1, 0.15) is 27.7 Å². The third-order valence-electron chi connectivity index (χ3n) is 3.78. The van der Waals surface area contributed by atoms with Gasteiger partial charge >= 0.3 is 7.12 Å². The van der Waals surface area contributed by atoms with Gasteiger partial charge in [-0.25, -0.2) is 0 Å². The molecule has 1 saturated heterocycles. The predicted octanol–water partition coefficient (Wildman–Crippen LogP) is 3.53. The molecule has 5 heteroatoms. The smallest absolute Gasteiger partial charge is 0.400 e. The normalized spacial score (nSPS) is 22.4. The Balaban J connectivity index is 2.25. The summed E-state index contributed by atoms with van der Waals surface area (Å²) in [7, 11) is -1.24. The van der Waals surface area contributed by atoms with Crippen molar-refractivity contribution in [1.29, 1.82) is 0 Å². The minimum absolute atomic E-state index is 0.259. The van der Waals surface area contributed by atoms with E-state index in [0.717, 1.165) is 6.61 Å². The molecule has 0 aromatic carbocycles. The van der Waals surface area contributed by atoms with E-state index in [4.69, 9.17) is 14.0 Å². The summed E-state index contributed by atoms with van der Waals surface area (Å²) in [5.74, 6) is 1.95. The lowest BCUT2D eigenvalue weighted by Gasteiger charge is -2.32. The van der Waals surface area contributed by atoms with Crippen LogP contribution in [0.25, 0.3) is 0 Å². The van der Waals surface area contributed by atoms with Crippen molar-refractivity contribution in [2.24, 2.45) is 0 Å². The molecule has 3 nitrogen and oxygen atoms in total. The minimum Gasteiger partial charge on any atom is -0.400 e. The predicted molar refractivity (Wildman–Crippen MR) is 84.2 cm³/mol. The first kappa shape index (κ1) is 17.0. The molecule has 0 aliphatic carbocycles. The van der Waals surface area contributed by atoms with Gasteiger partial charge in [0.25, 0.3) is 0 Å². The molecule has 0 aromatic rings. The van der Waals surface area contributed by atoms with Gasteiger partial charge < -0.3 is 14.0 Å². The highest BCUT2D eigenvalue weighted by Gasteiger charge is 2.49. The maximum atomic E-state index is 5.87. The molecule has 0 aromatic heterocycles. The molecule has 0 atom stereocenters. The fourth-order valence-corrected chi connectivity index (χ4v) is 2.42. The second-order valence-electron chi connectivity index (χ2n) is 7.44. The summed E-state index contributed by atoms with van der Waals surface area (Å²) in [5, 5.41) is 0. The molecule has 0 saturated carbocycles. The first-order valence-corrected chi connectivity index (χ1v) is 10.8. The van der Waals surface area contributed by atoms with E-state index in [-0.39, 0.29) is 18.3 Å². The van der Waals surface area contributed by atoms with Gasteiger partial charge in [0.2, 0.25) is 0 Å². The topological polar surface area (TPSA) is 27.7 Å². The number of hydrogen-bond acceptors (Lipinski definition) is 3. The van der Waals surface area contributed by atoms with E-state index in [9.17, 15) is 0 Å². The summed E-state index contributed by atoms with van der Waals surface area (Å²) >= 11 is 0. The quantitative estimate of drug-likeness (QED) is 0.551. The highest BCUT2D eigenvalue weighted by atomic mass is 28.3. The summed E-state index contributed by atoms with van der Waals surface area (Å²) in [6.07, 6.45) is 1.99. The van der Waals surface area contributed by atoms with Gasteiger partial charge in [0.15, 0.2) is 0 Å². The summed E-state index contributed by atoms with van der Waals surface area (Å²) in [6.45, 7) is 16.8. The second kappa shape index (κ2) is 6.12. The van der Waals surface area contributed by atoms with Crippen LogP contribution in [0.4, 0.5) is 0 Å². The van der Waals surface area contributed by atoms with Crippen LogP contribution >= 0.6 is 0 Å². The highest BCUT2D eigenvalue weighted by Crippen LogP contribution is 2.36. The van der Waals surface area contributed by atoms with Crippen molar-refractivity contribution < 1.29 is 14.0 Å². The van der Waals surface area contributed by atoms with E-state index in [1.807, 2.05) is 12.1 Å². The van der Waals surface area contributed by atoms with E-state index in [2.05, 4.69) is 47.3 Å². The molecule has 1 fully saturated rings. The lowest BCUT2D eigenvalue weighted by molar-refractivity contribution is 0.00578. The first-order valence-electron chi connectivity index (χ1n) is 7.14. The van der Waals surface area contributed by atoms with Crippen molar-refractivity contribution in [1.82, 2.24) is 0 Å². The molecule has 1 rings (SSSR count). The molecule has 1 aliphatic rings. The zero-order chi connectivity index (χ0) is 14.7. The molecule has 0 unspecified atom stereocenters. The monoisotopic (exact) mass is 284 g/mol. The highest BCUT2D eigenvalue weighted by molar-refractivity contribution is 6.76. The molecule has 19 heavy (non-hydrogen) atoms. The van der Waals surface area contributed by atoms with E-state index < -0.39 is 8.07 Å². The van der Waals surface area contributed by atoms with E-state index in [1.165, 1.54) is 6.04 Å². The van der Waals surface area contributed by atoms with Crippen molar-refractivity contribution >= 4 is 15.2 Å². The van der Waals surface area contributed by atoms with E-state index in [0.29, 0.717) is 6.61 Å². The molecule has 0 amide bonds. The number of ether oxygens (including phenoxy) is 1. The maximum Gasteiger partial charge on any atom is 0.486 e. The molecular weight excluding hydrogens is 255 g/mol. The molecule has 1 heterocycles. The van der Waals surface area contributed by atoms with Crippen molar-refractivity contribution in [2.75, 3.05) is 13.2 Å². The molecule has 110 valence electrons. The van der Waals surface area contributed by atoms with Crippen LogP contribution in [0.15, 0.2) is 12.1 Å². The Morgan fingerprint density at radius 2 is 1.58 bits per heavy atom. The van der Waals surface area contributed by atoms with Crippen LogP contribution in [-0.2, 0) is 14.0 Å². The van der Waals surface area contributed by atoms with Crippen LogP contribution in [-0.4, -0.2) is 39.6 Å². The summed E-state index contributed by atoms with van der Waals surface area (Å²) in [5.41, 5.74) is -0.526. The lowest BCUT2D eigenvalue weighted by atomic mass is 9.90. The SMILES string of the molecule is CC1(C)OB(/C=C/COCC[Si](C)(C)C)OC1(C)C. The Hall–Kier alpha value is -0.0982. The largest absolute Gasteiger partial charge is 0.486 e. The maximum absolute atomic E-state index is 5.87. The summed E-state index contributed by atoms with van der Waals surface area (Å²) in [6, 6.07) is 1.21. The Bertz CT molecular complexity index is 305. The van der Waals surface area contributed by atoms with Crippen LogP contribution in [0, 0.1) is 0 Å². The molecule has 1 aliphatic heterocycles. The Kier molecular flexibility index (Phi) is 5.46. The van der Waals surface area contributed by atoms with Gasteiger partial charge in [0.1, 0.15) is 0 Å². The molecular formula is C14H29BO3Si. The van der Waals surface area contributed by atoms with Crippen LogP contribution < -0.4 is 0 Å².